The van der Waals surface area contributed by atoms with Crippen molar-refractivity contribution in [2.45, 2.75) is 31.6 Å². The number of allylic oxidation sites excluding steroid dienone is 2. The molecule has 1 amide bonds. The van der Waals surface area contributed by atoms with Crippen LogP contribution in [0.25, 0.3) is 5.70 Å². The molecular formula is C22H20F5N5O. The van der Waals surface area contributed by atoms with E-state index in [2.05, 4.69) is 10.5 Å². The summed E-state index contributed by atoms with van der Waals surface area (Å²) in [7, 11) is 3.17. The molecular weight excluding hydrogens is 445 g/mol. The summed E-state index contributed by atoms with van der Waals surface area (Å²) in [6, 6.07) is 1.85. The number of alkyl halides is 2. The van der Waals surface area contributed by atoms with E-state index in [9.17, 15) is 26.7 Å². The molecule has 2 aliphatic heterocycles. The fourth-order valence-corrected chi connectivity index (χ4v) is 4.68. The van der Waals surface area contributed by atoms with E-state index >= 15 is 0 Å². The average Bonchev–Trinajstić information content (AvgIpc) is 3.06. The number of halogens is 5. The first kappa shape index (κ1) is 21.5. The van der Waals surface area contributed by atoms with Crippen LogP contribution in [0.3, 0.4) is 0 Å². The molecule has 1 saturated carbocycles. The summed E-state index contributed by atoms with van der Waals surface area (Å²) in [4.78, 5) is 14.8. The Morgan fingerprint density at radius 2 is 1.82 bits per heavy atom. The number of nitrogens with zero attached hydrogens (tertiary/aromatic N) is 4. The molecule has 1 aromatic heterocycles. The Labute approximate surface area is 185 Å². The zero-order valence-electron chi connectivity index (χ0n) is 18.0. The lowest BCUT2D eigenvalue weighted by atomic mass is 9.97. The van der Waals surface area contributed by atoms with Crippen molar-refractivity contribution in [2.75, 3.05) is 13.6 Å². The lowest BCUT2D eigenvalue weighted by Gasteiger charge is -2.30. The number of benzene rings is 1. The van der Waals surface area contributed by atoms with Crippen LogP contribution in [-0.4, -0.2) is 45.1 Å². The highest BCUT2D eigenvalue weighted by Gasteiger charge is 2.60. The van der Waals surface area contributed by atoms with E-state index in [0.29, 0.717) is 29.1 Å². The normalized spacial score (nSPS) is 21.5. The van der Waals surface area contributed by atoms with Crippen LogP contribution in [0.4, 0.5) is 22.0 Å². The second-order valence-corrected chi connectivity index (χ2v) is 8.50. The van der Waals surface area contributed by atoms with Gasteiger partial charge in [-0.25, -0.2) is 22.0 Å². The zero-order valence-corrected chi connectivity index (χ0v) is 18.0. The Balaban J connectivity index is 1.52. The Kier molecular flexibility index (Phi) is 4.60. The van der Waals surface area contributed by atoms with E-state index in [1.165, 1.54) is 22.8 Å². The Morgan fingerprint density at radius 1 is 1.18 bits per heavy atom. The first-order valence-electron chi connectivity index (χ1n) is 10.3. The van der Waals surface area contributed by atoms with E-state index in [4.69, 9.17) is 0 Å². The fourth-order valence-electron chi connectivity index (χ4n) is 4.68. The molecule has 1 aliphatic carbocycles. The molecule has 2 aromatic rings. The number of rotatable bonds is 3. The predicted molar refractivity (Wildman–Crippen MR) is 108 cm³/mol. The number of hydrogen-bond acceptors (Lipinski definition) is 4. The third kappa shape index (κ3) is 3.20. The zero-order chi connectivity index (χ0) is 23.8. The average molecular weight is 465 g/mol. The third-order valence-corrected chi connectivity index (χ3v) is 6.43. The molecule has 11 heteroatoms. The van der Waals surface area contributed by atoms with E-state index in [1.54, 1.807) is 19.0 Å². The van der Waals surface area contributed by atoms with Crippen molar-refractivity contribution in [2.24, 2.45) is 7.05 Å². The smallest absolute Gasteiger partial charge is 0.261 e. The molecule has 0 spiro atoms. The maximum absolute atomic E-state index is 13.8. The molecule has 174 valence electrons. The highest BCUT2D eigenvalue weighted by atomic mass is 19.3. The predicted octanol–water partition coefficient (Wildman–Crippen LogP) is 3.90. The van der Waals surface area contributed by atoms with Gasteiger partial charge < -0.3 is 4.90 Å². The van der Waals surface area contributed by atoms with Crippen molar-refractivity contribution in [3.05, 3.63) is 69.6 Å². The van der Waals surface area contributed by atoms with Crippen LogP contribution in [0, 0.1) is 17.5 Å². The number of aromatic nitrogens is 2. The number of carbonyl (C=O) groups is 1. The monoisotopic (exact) mass is 465 g/mol. The number of carbonyl (C=O) groups excluding carboxylic acids is 1. The van der Waals surface area contributed by atoms with Crippen LogP contribution in [0.2, 0.25) is 0 Å². The number of aryl methyl sites for hydroxylation is 1. The summed E-state index contributed by atoms with van der Waals surface area (Å²) < 4.78 is 69.9. The van der Waals surface area contributed by atoms with Crippen LogP contribution in [0.15, 0.2) is 35.3 Å². The summed E-state index contributed by atoms with van der Waals surface area (Å²) in [6.45, 7) is 1.92. The van der Waals surface area contributed by atoms with E-state index in [-0.39, 0.29) is 29.8 Å². The van der Waals surface area contributed by atoms with Crippen LogP contribution >= 0.6 is 0 Å². The Bertz CT molecular complexity index is 1240. The molecule has 1 aromatic carbocycles. The summed E-state index contributed by atoms with van der Waals surface area (Å²) in [5.74, 6) is -8.47. The number of amides is 1. The van der Waals surface area contributed by atoms with Crippen molar-refractivity contribution in [3.63, 3.8) is 0 Å². The van der Waals surface area contributed by atoms with Gasteiger partial charge in [-0.2, -0.15) is 5.10 Å². The van der Waals surface area contributed by atoms with Crippen molar-refractivity contribution in [1.82, 2.24) is 25.1 Å². The molecule has 33 heavy (non-hydrogen) atoms. The summed E-state index contributed by atoms with van der Waals surface area (Å²) in [5, 5.41) is 5.57. The van der Waals surface area contributed by atoms with Gasteiger partial charge >= 0.3 is 0 Å². The van der Waals surface area contributed by atoms with Gasteiger partial charge in [0.2, 0.25) is 0 Å². The second kappa shape index (κ2) is 7.06. The van der Waals surface area contributed by atoms with Crippen LogP contribution in [0.1, 0.15) is 47.3 Å². The third-order valence-electron chi connectivity index (χ3n) is 6.43. The first-order chi connectivity index (χ1) is 15.5. The van der Waals surface area contributed by atoms with Crippen LogP contribution < -0.4 is 5.43 Å². The molecule has 1 fully saturated rings. The second-order valence-electron chi connectivity index (χ2n) is 8.50. The molecule has 1 atom stereocenters. The van der Waals surface area contributed by atoms with Gasteiger partial charge in [-0.05, 0) is 25.5 Å². The fraction of sp³-hybridized carbons (Fsp3) is 0.364. The molecule has 0 saturated heterocycles. The minimum Gasteiger partial charge on any atom is -0.310 e. The van der Waals surface area contributed by atoms with Crippen molar-refractivity contribution >= 4 is 11.6 Å². The first-order valence-corrected chi connectivity index (χ1v) is 10.3. The van der Waals surface area contributed by atoms with E-state index in [1.807, 2.05) is 0 Å². The maximum Gasteiger partial charge on any atom is 0.261 e. The van der Waals surface area contributed by atoms with Crippen molar-refractivity contribution in [1.29, 1.82) is 0 Å². The van der Waals surface area contributed by atoms with E-state index < -0.39 is 35.2 Å². The number of fused-ring (bicyclic) bond motifs is 1. The van der Waals surface area contributed by atoms with Crippen LogP contribution in [-0.2, 0) is 7.05 Å². The molecule has 1 N–H and O–H groups in total. The molecule has 0 bridgehead atoms. The quantitative estimate of drug-likeness (QED) is 0.552. The van der Waals surface area contributed by atoms with Gasteiger partial charge in [-0.15, -0.1) is 0 Å². The van der Waals surface area contributed by atoms with Crippen LogP contribution in [0.5, 0.6) is 0 Å². The summed E-state index contributed by atoms with van der Waals surface area (Å²) >= 11 is 0. The highest BCUT2D eigenvalue weighted by Crippen LogP contribution is 2.56. The van der Waals surface area contributed by atoms with Crippen molar-refractivity contribution < 1.29 is 26.7 Å². The molecule has 6 nitrogen and oxygen atoms in total. The molecule has 0 unspecified atom stereocenters. The lowest BCUT2D eigenvalue weighted by molar-refractivity contribution is 0.0797. The summed E-state index contributed by atoms with van der Waals surface area (Å²) in [5.41, 5.74) is 5.85. The number of hydrogen-bond donors (Lipinski definition) is 1. The topological polar surface area (TPSA) is 53.4 Å². The standard InChI is InChI=1S/C22H20F5N5O/c1-10-18-12(19(31(3)29-18)11-6-15(23)17(25)16(24)7-11)4-5-32(10)21(33)13-9-28-30(2)20(13)14-8-22(14,26)27/h6-7,9,14,29H,4-5,8H2,1-3H3/t14-/m1/s1. The van der Waals surface area contributed by atoms with Gasteiger partial charge in [-0.3, -0.25) is 19.9 Å². The van der Waals surface area contributed by atoms with Gasteiger partial charge in [0.25, 0.3) is 11.8 Å². The van der Waals surface area contributed by atoms with Gasteiger partial charge in [-0.1, -0.05) is 0 Å². The summed E-state index contributed by atoms with van der Waals surface area (Å²) in [6.07, 6.45) is 1.32. The van der Waals surface area contributed by atoms with Gasteiger partial charge in [0, 0.05) is 43.9 Å². The lowest BCUT2D eigenvalue weighted by Crippen LogP contribution is -2.37. The van der Waals surface area contributed by atoms with Gasteiger partial charge in [0.15, 0.2) is 17.5 Å². The molecule has 3 aliphatic rings. The number of hydrazine groups is 1. The van der Waals surface area contributed by atoms with Gasteiger partial charge in [0.1, 0.15) is 0 Å². The molecule has 5 rings (SSSR count). The highest BCUT2D eigenvalue weighted by molar-refractivity contribution is 5.97. The number of nitrogens with one attached hydrogen (secondary N) is 1. The van der Waals surface area contributed by atoms with E-state index in [0.717, 1.165) is 12.1 Å². The maximum atomic E-state index is 13.8. The minimum absolute atomic E-state index is 0.126. The van der Waals surface area contributed by atoms with Gasteiger partial charge in [0.05, 0.1) is 34.8 Å². The SMILES string of the molecule is CC1=C2NN(C)C(c3cc(F)c(F)c(F)c3)=C2CCN1C(=O)c1cnn(C)c1[C@H]1CC1(F)F. The molecule has 3 heterocycles. The largest absolute Gasteiger partial charge is 0.310 e. The Hall–Kier alpha value is -3.37. The minimum atomic E-state index is -2.85. The molecule has 0 radical (unpaired) electrons. The Morgan fingerprint density at radius 3 is 2.42 bits per heavy atom. The van der Waals surface area contributed by atoms with Crippen molar-refractivity contribution in [3.8, 4) is 0 Å².